The molecule has 0 spiro atoms. The Kier molecular flexibility index (Phi) is 8.61. The number of carboxylic acids is 1. The Morgan fingerprint density at radius 3 is 2.30 bits per heavy atom. The first kappa shape index (κ1) is 29.7. The Morgan fingerprint density at radius 2 is 1.78 bits per heavy atom. The fraction of sp³-hybridized carbons (Fsp3) is 0.440. The van der Waals surface area contributed by atoms with Gasteiger partial charge in [-0.15, -0.1) is 17.0 Å². The lowest BCUT2D eigenvalue weighted by molar-refractivity contribution is -0.142. The number of benzene rings is 2. The highest BCUT2D eigenvalue weighted by molar-refractivity contribution is 8.93. The number of carbonyl (C=O) groups is 2. The summed E-state index contributed by atoms with van der Waals surface area (Å²) in [7, 11) is 0. The molecule has 12 heteroatoms. The number of carboxylic acid groups (broad SMARTS) is 1. The van der Waals surface area contributed by atoms with E-state index in [1.165, 1.54) is 18.2 Å². The van der Waals surface area contributed by atoms with E-state index in [1.54, 1.807) is 0 Å². The average molecular weight is 626 g/mol. The normalized spacial score (nSPS) is 23.1. The van der Waals surface area contributed by atoms with Crippen molar-refractivity contribution in [1.29, 1.82) is 0 Å². The molecule has 1 saturated carbocycles. The maximum Gasteiger partial charge on any atom is 0.416 e. The third-order valence-corrected chi connectivity index (χ3v) is 7.73. The maximum absolute atomic E-state index is 14.2. The van der Waals surface area contributed by atoms with Crippen molar-refractivity contribution in [2.75, 3.05) is 24.5 Å². The van der Waals surface area contributed by atoms with Gasteiger partial charge in [-0.2, -0.15) is 13.2 Å². The summed E-state index contributed by atoms with van der Waals surface area (Å²) < 4.78 is 42.7. The van der Waals surface area contributed by atoms with Crippen LogP contribution < -0.4 is 4.90 Å². The van der Waals surface area contributed by atoms with E-state index in [2.05, 4.69) is 4.90 Å². The largest absolute Gasteiger partial charge is 0.478 e. The van der Waals surface area contributed by atoms with Gasteiger partial charge >= 0.3 is 12.1 Å². The van der Waals surface area contributed by atoms with E-state index < -0.39 is 40.3 Å². The Balaban J connectivity index is 0.00000380. The fourth-order valence-electron chi connectivity index (χ4n) is 5.34. The molecule has 1 heterocycles. The number of halogens is 6. The van der Waals surface area contributed by atoms with Gasteiger partial charge < -0.3 is 20.0 Å². The molecule has 0 bridgehead atoms. The van der Waals surface area contributed by atoms with E-state index in [4.69, 9.17) is 23.2 Å². The van der Waals surface area contributed by atoms with E-state index in [0.29, 0.717) is 12.1 Å². The number of anilines is 1. The summed E-state index contributed by atoms with van der Waals surface area (Å²) in [6.07, 6.45) is -3.60. The molecule has 2 aromatic rings. The molecular formula is C25H26BrCl2F3N2O4. The summed E-state index contributed by atoms with van der Waals surface area (Å²) in [6.45, 7) is 5.83. The topological polar surface area (TPSA) is 81.1 Å². The predicted molar refractivity (Wildman–Crippen MR) is 140 cm³/mol. The number of amides is 1. The molecule has 1 fully saturated rings. The van der Waals surface area contributed by atoms with Crippen LogP contribution in [0.5, 0.6) is 0 Å². The second-order valence-electron chi connectivity index (χ2n) is 9.18. The first-order valence-electron chi connectivity index (χ1n) is 11.6. The molecule has 1 atom stereocenters. The molecule has 0 saturated heterocycles. The zero-order valence-corrected chi connectivity index (χ0v) is 23.2. The molecule has 2 aromatic carbocycles. The Morgan fingerprint density at radius 1 is 1.16 bits per heavy atom. The SMILES string of the molecule is Br.CCN(CC)[C@H]1C[C@H](CN2C(=O)C(O)(c3ccc(Cl)cc3Cl)c3c2cc(C(=O)O)cc3C(F)(F)F)C1. The van der Waals surface area contributed by atoms with Gasteiger partial charge in [0.25, 0.3) is 5.91 Å². The molecule has 6 nitrogen and oxygen atoms in total. The summed E-state index contributed by atoms with van der Waals surface area (Å²) in [5.74, 6) is -2.62. The van der Waals surface area contributed by atoms with Crippen molar-refractivity contribution in [2.24, 2.45) is 5.92 Å². The lowest BCUT2D eigenvalue weighted by Crippen LogP contribution is -2.50. The highest BCUT2D eigenvalue weighted by atomic mass is 79.9. The molecule has 1 amide bonds. The Hall–Kier alpha value is -1.85. The minimum absolute atomic E-state index is 0. The van der Waals surface area contributed by atoms with Crippen LogP contribution in [0.1, 0.15) is 53.7 Å². The van der Waals surface area contributed by atoms with Crippen molar-refractivity contribution in [3.8, 4) is 0 Å². The van der Waals surface area contributed by atoms with Gasteiger partial charge in [0.15, 0.2) is 5.60 Å². The maximum atomic E-state index is 14.2. The smallest absolute Gasteiger partial charge is 0.416 e. The van der Waals surface area contributed by atoms with Gasteiger partial charge in [-0.05, 0) is 56.1 Å². The molecule has 1 unspecified atom stereocenters. The number of fused-ring (bicyclic) bond motifs is 1. The van der Waals surface area contributed by atoms with E-state index >= 15 is 0 Å². The van der Waals surface area contributed by atoms with Crippen LogP contribution in [0.4, 0.5) is 18.9 Å². The molecule has 0 aromatic heterocycles. The fourth-order valence-corrected chi connectivity index (χ4v) is 5.88. The number of rotatable bonds is 7. The van der Waals surface area contributed by atoms with Crippen molar-refractivity contribution >= 4 is 57.7 Å². The van der Waals surface area contributed by atoms with Crippen LogP contribution in [0.3, 0.4) is 0 Å². The molecule has 202 valence electrons. The summed E-state index contributed by atoms with van der Waals surface area (Å²) in [6, 6.07) is 5.49. The Labute approximate surface area is 232 Å². The van der Waals surface area contributed by atoms with Gasteiger partial charge in [0.05, 0.1) is 16.8 Å². The van der Waals surface area contributed by atoms with Crippen LogP contribution in [0.25, 0.3) is 0 Å². The molecule has 1 aliphatic heterocycles. The van der Waals surface area contributed by atoms with Crippen molar-refractivity contribution < 1.29 is 33.0 Å². The number of hydrogen-bond acceptors (Lipinski definition) is 4. The number of carbonyl (C=O) groups excluding carboxylic acids is 1. The zero-order valence-electron chi connectivity index (χ0n) is 20.0. The first-order valence-corrected chi connectivity index (χ1v) is 12.3. The van der Waals surface area contributed by atoms with Gasteiger partial charge in [-0.3, -0.25) is 4.79 Å². The third-order valence-electron chi connectivity index (χ3n) is 7.18. The standard InChI is InChI=1S/C25H25Cl2F3N2O4.BrH/c1-3-31(4-2)16-7-13(8-16)12-32-20-10-14(22(33)34)9-18(25(28,29)30)21(20)24(36,23(32)35)17-6-5-15(26)11-19(17)27;/h5-6,9-11,13,16,36H,3-4,7-8,12H2,1-2H3,(H,33,34);1H/t13-,16-,24?;. The molecule has 0 radical (unpaired) electrons. The van der Waals surface area contributed by atoms with Crippen LogP contribution >= 0.6 is 40.2 Å². The van der Waals surface area contributed by atoms with Crippen LogP contribution in [0.15, 0.2) is 30.3 Å². The van der Waals surface area contributed by atoms with E-state index in [1.807, 2.05) is 13.8 Å². The van der Waals surface area contributed by atoms with Crippen LogP contribution in [-0.2, 0) is 16.6 Å². The molecule has 2 aliphatic rings. The van der Waals surface area contributed by atoms with E-state index in [0.717, 1.165) is 36.9 Å². The number of aromatic carboxylic acids is 1. The van der Waals surface area contributed by atoms with Gasteiger partial charge in [0, 0.05) is 33.8 Å². The van der Waals surface area contributed by atoms with Gasteiger partial charge in [-0.1, -0.05) is 43.1 Å². The third kappa shape index (κ3) is 5.11. The van der Waals surface area contributed by atoms with E-state index in [9.17, 15) is 33.0 Å². The summed E-state index contributed by atoms with van der Waals surface area (Å²) in [4.78, 5) is 28.8. The van der Waals surface area contributed by atoms with Gasteiger partial charge in [-0.25, -0.2) is 4.79 Å². The molecule has 1 aliphatic carbocycles. The monoisotopic (exact) mass is 624 g/mol. The number of hydrogen-bond donors (Lipinski definition) is 2. The number of aliphatic hydroxyl groups is 1. The summed E-state index contributed by atoms with van der Waals surface area (Å²) >= 11 is 12.2. The zero-order chi connectivity index (χ0) is 26.6. The molecule has 4 rings (SSSR count). The Bertz CT molecular complexity index is 1220. The second kappa shape index (κ2) is 10.7. The number of alkyl halides is 3. The quantitative estimate of drug-likeness (QED) is 0.395. The lowest BCUT2D eigenvalue weighted by Gasteiger charge is -2.43. The first-order chi connectivity index (χ1) is 16.8. The van der Waals surface area contributed by atoms with Crippen molar-refractivity contribution in [3.05, 3.63) is 62.6 Å². The van der Waals surface area contributed by atoms with Gasteiger partial charge in [0.1, 0.15) is 0 Å². The highest BCUT2D eigenvalue weighted by Gasteiger charge is 2.57. The minimum atomic E-state index is -5.05. The van der Waals surface area contributed by atoms with Crippen LogP contribution in [0.2, 0.25) is 10.0 Å². The highest BCUT2D eigenvalue weighted by Crippen LogP contribution is 2.52. The lowest BCUT2D eigenvalue weighted by atomic mass is 9.78. The van der Waals surface area contributed by atoms with Crippen molar-refractivity contribution in [3.63, 3.8) is 0 Å². The molecule has 2 N–H and O–H groups in total. The number of nitrogens with zero attached hydrogens (tertiary/aromatic N) is 2. The van der Waals surface area contributed by atoms with Crippen molar-refractivity contribution in [2.45, 2.75) is 44.5 Å². The van der Waals surface area contributed by atoms with E-state index in [-0.39, 0.29) is 50.7 Å². The molecular weight excluding hydrogens is 600 g/mol. The van der Waals surface area contributed by atoms with Crippen molar-refractivity contribution in [1.82, 2.24) is 4.90 Å². The average Bonchev–Trinajstić information content (AvgIpc) is 2.98. The summed E-state index contributed by atoms with van der Waals surface area (Å²) in [5.41, 5.74) is -6.09. The molecule has 37 heavy (non-hydrogen) atoms. The van der Waals surface area contributed by atoms with Crippen LogP contribution in [0, 0.1) is 5.92 Å². The summed E-state index contributed by atoms with van der Waals surface area (Å²) in [5, 5.41) is 21.2. The van der Waals surface area contributed by atoms with Gasteiger partial charge in [0.2, 0.25) is 0 Å². The predicted octanol–water partition coefficient (Wildman–Crippen LogP) is 5.99. The minimum Gasteiger partial charge on any atom is -0.478 e. The second-order valence-corrected chi connectivity index (χ2v) is 10.0. The van der Waals surface area contributed by atoms with Crippen LogP contribution in [-0.4, -0.2) is 52.7 Å².